The second kappa shape index (κ2) is 3.00. The molecule has 1 saturated carbocycles. The molecule has 1 nitrogen and oxygen atoms in total. The molecule has 0 aromatic carbocycles. The second-order valence-corrected chi connectivity index (χ2v) is 4.32. The van der Waals surface area contributed by atoms with Gasteiger partial charge in [0.05, 0.1) is 0 Å². The first-order chi connectivity index (χ1) is 5.37. The lowest BCUT2D eigenvalue weighted by molar-refractivity contribution is -0.113. The van der Waals surface area contributed by atoms with Gasteiger partial charge in [0.2, 0.25) is 5.24 Å². The minimum absolute atomic E-state index is 0.153. The fourth-order valence-corrected chi connectivity index (χ4v) is 2.11. The van der Waals surface area contributed by atoms with Crippen LogP contribution in [0.3, 0.4) is 0 Å². The molecule has 0 amide bonds. The summed E-state index contributed by atoms with van der Waals surface area (Å²) in [6.07, 6.45) is 1.24. The molecule has 0 aromatic rings. The van der Waals surface area contributed by atoms with Crippen molar-refractivity contribution >= 4 is 28.4 Å². The van der Waals surface area contributed by atoms with Crippen LogP contribution in [-0.4, -0.2) is 5.24 Å². The SMILES string of the molecule is CC1(C)[C@H](C(=O)Cl)[C@@H]1/C=C(/F)Cl. The Labute approximate surface area is 80.5 Å². The third-order valence-electron chi connectivity index (χ3n) is 2.46. The van der Waals surface area contributed by atoms with E-state index in [9.17, 15) is 9.18 Å². The monoisotopic (exact) mass is 210 g/mol. The summed E-state index contributed by atoms with van der Waals surface area (Å²) in [5, 5.41) is -1.19. The van der Waals surface area contributed by atoms with E-state index in [1.54, 1.807) is 0 Å². The third-order valence-corrected chi connectivity index (χ3v) is 2.82. The Morgan fingerprint density at radius 3 is 2.25 bits per heavy atom. The first kappa shape index (κ1) is 10.0. The molecule has 0 saturated heterocycles. The summed E-state index contributed by atoms with van der Waals surface area (Å²) < 4.78 is 12.2. The summed E-state index contributed by atoms with van der Waals surface area (Å²) >= 11 is 10.4. The summed E-state index contributed by atoms with van der Waals surface area (Å²) in [5.74, 6) is -0.441. The predicted molar refractivity (Wildman–Crippen MR) is 46.7 cm³/mol. The van der Waals surface area contributed by atoms with Gasteiger partial charge in [-0.25, -0.2) is 0 Å². The van der Waals surface area contributed by atoms with Gasteiger partial charge in [0.25, 0.3) is 0 Å². The fourth-order valence-electron chi connectivity index (χ4n) is 1.56. The van der Waals surface area contributed by atoms with Gasteiger partial charge in [-0.2, -0.15) is 4.39 Å². The number of carbonyl (C=O) groups excluding carboxylic acids is 1. The van der Waals surface area contributed by atoms with Gasteiger partial charge in [-0.1, -0.05) is 25.4 Å². The lowest BCUT2D eigenvalue weighted by atomic mass is 10.1. The summed E-state index contributed by atoms with van der Waals surface area (Å²) in [4.78, 5) is 10.8. The van der Waals surface area contributed by atoms with Crippen molar-refractivity contribution in [3.63, 3.8) is 0 Å². The van der Waals surface area contributed by atoms with E-state index in [0.717, 1.165) is 0 Å². The van der Waals surface area contributed by atoms with Crippen molar-refractivity contribution in [1.29, 1.82) is 0 Å². The number of hydrogen-bond acceptors (Lipinski definition) is 1. The number of rotatable bonds is 2. The number of allylic oxidation sites excluding steroid dienone is 1. The van der Waals surface area contributed by atoms with E-state index in [1.165, 1.54) is 6.08 Å². The molecule has 2 atom stereocenters. The standard InChI is InChI=1S/C8H9Cl2FO/c1-8(2)4(3-5(9)11)6(8)7(10)12/h3-4,6H,1-2H3/b5-3+/t4-,6-/m0/s1. The Hall–Kier alpha value is -0.0800. The number of halogens is 3. The van der Waals surface area contributed by atoms with Gasteiger partial charge >= 0.3 is 0 Å². The van der Waals surface area contributed by atoms with Crippen LogP contribution in [0.1, 0.15) is 13.8 Å². The first-order valence-electron chi connectivity index (χ1n) is 3.59. The van der Waals surface area contributed by atoms with Crippen LogP contribution in [-0.2, 0) is 4.79 Å². The molecule has 1 aliphatic rings. The average Bonchev–Trinajstić information content (AvgIpc) is 2.32. The van der Waals surface area contributed by atoms with E-state index in [1.807, 2.05) is 13.8 Å². The number of carbonyl (C=O) groups is 1. The van der Waals surface area contributed by atoms with Gasteiger partial charge in [0, 0.05) is 5.92 Å². The van der Waals surface area contributed by atoms with Gasteiger partial charge in [0.15, 0.2) is 5.29 Å². The van der Waals surface area contributed by atoms with Crippen molar-refractivity contribution in [2.45, 2.75) is 13.8 Å². The highest BCUT2D eigenvalue weighted by Crippen LogP contribution is 2.60. The largest absolute Gasteiger partial charge is 0.281 e. The molecule has 1 rings (SSSR count). The predicted octanol–water partition coefficient (Wildman–Crippen LogP) is 3.07. The fraction of sp³-hybridized carbons (Fsp3) is 0.625. The number of hydrogen-bond donors (Lipinski definition) is 0. The Balaban J connectivity index is 2.73. The summed E-state index contributed by atoms with van der Waals surface area (Å²) in [6.45, 7) is 3.72. The molecule has 0 bridgehead atoms. The van der Waals surface area contributed by atoms with Gasteiger partial charge in [-0.05, 0) is 29.0 Å². The van der Waals surface area contributed by atoms with E-state index < -0.39 is 10.5 Å². The van der Waals surface area contributed by atoms with E-state index >= 15 is 0 Å². The highest BCUT2D eigenvalue weighted by molar-refractivity contribution is 6.64. The van der Waals surface area contributed by atoms with Crippen molar-refractivity contribution in [3.8, 4) is 0 Å². The molecule has 0 aromatic heterocycles. The topological polar surface area (TPSA) is 17.1 Å². The minimum Gasteiger partial charge on any atom is -0.281 e. The molecule has 0 N–H and O–H groups in total. The lowest BCUT2D eigenvalue weighted by Gasteiger charge is -1.95. The van der Waals surface area contributed by atoms with Crippen LogP contribution in [0.15, 0.2) is 11.4 Å². The molecule has 68 valence electrons. The van der Waals surface area contributed by atoms with Crippen molar-refractivity contribution in [2.75, 3.05) is 0 Å². The molecular weight excluding hydrogens is 202 g/mol. The molecule has 0 aliphatic heterocycles. The Kier molecular flexibility index (Phi) is 2.50. The second-order valence-electron chi connectivity index (χ2n) is 3.59. The zero-order valence-corrected chi connectivity index (χ0v) is 8.29. The molecule has 4 heteroatoms. The summed E-state index contributed by atoms with van der Waals surface area (Å²) in [6, 6.07) is 0. The summed E-state index contributed by atoms with van der Waals surface area (Å²) in [7, 11) is 0. The maximum absolute atomic E-state index is 12.2. The molecule has 0 radical (unpaired) electrons. The Morgan fingerprint density at radius 1 is 1.50 bits per heavy atom. The van der Waals surface area contributed by atoms with Crippen LogP contribution in [0.2, 0.25) is 0 Å². The van der Waals surface area contributed by atoms with Gasteiger partial charge in [-0.15, -0.1) is 0 Å². The maximum Gasteiger partial charge on any atom is 0.225 e. The molecular formula is C8H9Cl2FO. The van der Waals surface area contributed by atoms with Crippen LogP contribution in [0.5, 0.6) is 0 Å². The zero-order valence-electron chi connectivity index (χ0n) is 6.77. The van der Waals surface area contributed by atoms with Crippen LogP contribution >= 0.6 is 23.2 Å². The molecule has 0 heterocycles. The third kappa shape index (κ3) is 1.64. The van der Waals surface area contributed by atoms with Crippen LogP contribution in [0, 0.1) is 17.3 Å². The first-order valence-corrected chi connectivity index (χ1v) is 4.35. The Morgan fingerprint density at radius 2 is 2.00 bits per heavy atom. The molecule has 1 fully saturated rings. The van der Waals surface area contributed by atoms with E-state index in [2.05, 4.69) is 0 Å². The van der Waals surface area contributed by atoms with Crippen LogP contribution in [0.4, 0.5) is 4.39 Å². The van der Waals surface area contributed by atoms with Gasteiger partial charge in [-0.3, -0.25) is 4.79 Å². The smallest absolute Gasteiger partial charge is 0.225 e. The van der Waals surface area contributed by atoms with Gasteiger partial charge in [0.1, 0.15) is 0 Å². The molecule has 0 spiro atoms. The lowest BCUT2D eigenvalue weighted by Crippen LogP contribution is -1.96. The van der Waals surface area contributed by atoms with Crippen molar-refractivity contribution in [2.24, 2.45) is 17.3 Å². The summed E-state index contributed by atoms with van der Waals surface area (Å²) in [5.41, 5.74) is -0.245. The van der Waals surface area contributed by atoms with Crippen LogP contribution in [0.25, 0.3) is 0 Å². The highest BCUT2D eigenvalue weighted by Gasteiger charge is 2.60. The Bertz CT molecular complexity index is 243. The van der Waals surface area contributed by atoms with Crippen molar-refractivity contribution in [3.05, 3.63) is 11.4 Å². The average molecular weight is 211 g/mol. The van der Waals surface area contributed by atoms with Crippen LogP contribution < -0.4 is 0 Å². The molecule has 0 unspecified atom stereocenters. The van der Waals surface area contributed by atoms with E-state index in [-0.39, 0.29) is 17.3 Å². The minimum atomic E-state index is -0.770. The van der Waals surface area contributed by atoms with E-state index in [4.69, 9.17) is 23.2 Å². The van der Waals surface area contributed by atoms with Crippen molar-refractivity contribution in [1.82, 2.24) is 0 Å². The highest BCUT2D eigenvalue weighted by atomic mass is 35.5. The maximum atomic E-state index is 12.2. The normalized spacial score (nSPS) is 33.2. The van der Waals surface area contributed by atoms with E-state index in [0.29, 0.717) is 0 Å². The quantitative estimate of drug-likeness (QED) is 0.641. The van der Waals surface area contributed by atoms with Gasteiger partial charge < -0.3 is 0 Å². The zero-order chi connectivity index (χ0) is 9.52. The molecule has 12 heavy (non-hydrogen) atoms. The molecule has 1 aliphatic carbocycles. The van der Waals surface area contributed by atoms with Crippen molar-refractivity contribution < 1.29 is 9.18 Å².